The lowest BCUT2D eigenvalue weighted by molar-refractivity contribution is -0.141. The van der Waals surface area contributed by atoms with Crippen molar-refractivity contribution in [3.05, 3.63) is 23.8 Å². The Morgan fingerprint density at radius 3 is 2.56 bits per heavy atom. The largest absolute Gasteiger partial charge is 0.433 e. The molecular formula is C11H15ClF3N3. The van der Waals surface area contributed by atoms with Crippen molar-refractivity contribution in [1.82, 2.24) is 15.3 Å². The molecule has 0 bridgehead atoms. The number of nitrogens with zero attached hydrogens (tertiary/aromatic N) is 2. The van der Waals surface area contributed by atoms with Crippen molar-refractivity contribution in [2.45, 2.75) is 25.4 Å². The monoisotopic (exact) mass is 281 g/mol. The van der Waals surface area contributed by atoms with Crippen molar-refractivity contribution in [3.63, 3.8) is 0 Å². The molecule has 2 rings (SSSR count). The van der Waals surface area contributed by atoms with Gasteiger partial charge in [-0.3, -0.25) is 0 Å². The highest BCUT2D eigenvalue weighted by molar-refractivity contribution is 5.85. The number of rotatable bonds is 2. The van der Waals surface area contributed by atoms with Gasteiger partial charge in [0.25, 0.3) is 0 Å². The van der Waals surface area contributed by atoms with Gasteiger partial charge in [-0.1, -0.05) is 0 Å². The first-order valence-electron chi connectivity index (χ1n) is 5.65. The van der Waals surface area contributed by atoms with Gasteiger partial charge in [-0.2, -0.15) is 13.2 Å². The molecule has 0 saturated carbocycles. The Bertz CT molecular complexity index is 378. The van der Waals surface area contributed by atoms with Crippen LogP contribution in [0.25, 0.3) is 0 Å². The number of alkyl halides is 3. The Kier molecular flexibility index (Phi) is 5.34. The fourth-order valence-corrected chi connectivity index (χ4v) is 2.00. The molecule has 102 valence electrons. The summed E-state index contributed by atoms with van der Waals surface area (Å²) >= 11 is 0. The van der Waals surface area contributed by atoms with Gasteiger partial charge in [0.1, 0.15) is 11.5 Å². The molecule has 1 aliphatic rings. The molecule has 0 amide bonds. The predicted octanol–water partition coefficient (Wildman–Crippen LogP) is 2.46. The Hall–Kier alpha value is -0.880. The van der Waals surface area contributed by atoms with E-state index in [1.807, 2.05) is 0 Å². The lowest BCUT2D eigenvalue weighted by Crippen LogP contribution is -2.29. The SMILES string of the molecule is Cl.FC(F)(F)c1ccnc(CC2CCNCC2)n1. The van der Waals surface area contributed by atoms with Crippen LogP contribution in [0.3, 0.4) is 0 Å². The van der Waals surface area contributed by atoms with Gasteiger partial charge in [0.2, 0.25) is 0 Å². The molecule has 7 heteroatoms. The summed E-state index contributed by atoms with van der Waals surface area (Å²) in [5.74, 6) is 0.687. The Morgan fingerprint density at radius 2 is 1.94 bits per heavy atom. The zero-order valence-corrected chi connectivity index (χ0v) is 10.5. The van der Waals surface area contributed by atoms with E-state index >= 15 is 0 Å². The van der Waals surface area contributed by atoms with Crippen molar-refractivity contribution < 1.29 is 13.2 Å². The number of halogens is 4. The summed E-state index contributed by atoms with van der Waals surface area (Å²) in [6.07, 6.45) is -0.719. The lowest BCUT2D eigenvalue weighted by atomic mass is 9.94. The third kappa shape index (κ3) is 4.10. The molecular weight excluding hydrogens is 267 g/mol. The number of hydrogen-bond donors (Lipinski definition) is 1. The van der Waals surface area contributed by atoms with Gasteiger partial charge in [-0.25, -0.2) is 9.97 Å². The van der Waals surface area contributed by atoms with E-state index in [1.165, 1.54) is 6.20 Å². The molecule has 1 fully saturated rings. The minimum absolute atomic E-state index is 0. The highest BCUT2D eigenvalue weighted by Gasteiger charge is 2.32. The van der Waals surface area contributed by atoms with E-state index < -0.39 is 11.9 Å². The van der Waals surface area contributed by atoms with Crippen LogP contribution in [0, 0.1) is 5.92 Å². The highest BCUT2D eigenvalue weighted by atomic mass is 35.5. The maximum atomic E-state index is 12.4. The minimum atomic E-state index is -4.38. The van der Waals surface area contributed by atoms with Crippen LogP contribution < -0.4 is 5.32 Å². The maximum absolute atomic E-state index is 12.4. The molecule has 0 atom stereocenters. The number of aromatic nitrogens is 2. The summed E-state index contributed by atoms with van der Waals surface area (Å²) in [6.45, 7) is 1.84. The second-order valence-electron chi connectivity index (χ2n) is 4.25. The van der Waals surface area contributed by atoms with E-state index in [4.69, 9.17) is 0 Å². The molecule has 1 aliphatic heterocycles. The first-order valence-corrected chi connectivity index (χ1v) is 5.65. The van der Waals surface area contributed by atoms with Crippen molar-refractivity contribution in [1.29, 1.82) is 0 Å². The Balaban J connectivity index is 0.00000162. The zero-order chi connectivity index (χ0) is 12.3. The summed E-state index contributed by atoms with van der Waals surface area (Å²) in [6, 6.07) is 0.909. The van der Waals surface area contributed by atoms with Gasteiger partial charge < -0.3 is 5.32 Å². The number of hydrogen-bond acceptors (Lipinski definition) is 3. The molecule has 18 heavy (non-hydrogen) atoms. The molecule has 0 aromatic carbocycles. The topological polar surface area (TPSA) is 37.8 Å². The van der Waals surface area contributed by atoms with Crippen LogP contribution in [0.2, 0.25) is 0 Å². The summed E-state index contributed by atoms with van der Waals surface area (Å²) in [5, 5.41) is 3.22. The molecule has 0 unspecified atom stereocenters. The maximum Gasteiger partial charge on any atom is 0.433 e. The van der Waals surface area contributed by atoms with Gasteiger partial charge in [0.05, 0.1) is 0 Å². The standard InChI is InChI=1S/C11H14F3N3.ClH/c12-11(13,14)9-3-6-16-10(17-9)7-8-1-4-15-5-2-8;/h3,6,8,15H,1-2,4-5,7H2;1H. The van der Waals surface area contributed by atoms with E-state index in [9.17, 15) is 13.2 Å². The van der Waals surface area contributed by atoms with Crippen LogP contribution >= 0.6 is 12.4 Å². The molecule has 1 N–H and O–H groups in total. The predicted molar refractivity (Wildman–Crippen MR) is 63.6 cm³/mol. The molecule has 3 nitrogen and oxygen atoms in total. The number of nitrogens with one attached hydrogen (secondary N) is 1. The van der Waals surface area contributed by atoms with E-state index in [0.29, 0.717) is 18.2 Å². The van der Waals surface area contributed by atoms with Crippen molar-refractivity contribution in [2.75, 3.05) is 13.1 Å². The van der Waals surface area contributed by atoms with E-state index in [-0.39, 0.29) is 12.4 Å². The molecule has 2 heterocycles. The third-order valence-electron chi connectivity index (χ3n) is 2.93. The molecule has 0 aliphatic carbocycles. The summed E-state index contributed by atoms with van der Waals surface area (Å²) in [4.78, 5) is 7.50. The normalized spacial score (nSPS) is 17.3. The van der Waals surface area contributed by atoms with Crippen LogP contribution in [0.4, 0.5) is 13.2 Å². The van der Waals surface area contributed by atoms with Crippen LogP contribution in [0.1, 0.15) is 24.4 Å². The Morgan fingerprint density at radius 1 is 1.28 bits per heavy atom. The van der Waals surface area contributed by atoms with Crippen LogP contribution in [0.5, 0.6) is 0 Å². The average molecular weight is 282 g/mol. The van der Waals surface area contributed by atoms with Crippen LogP contribution in [-0.2, 0) is 12.6 Å². The van der Waals surface area contributed by atoms with E-state index in [0.717, 1.165) is 32.0 Å². The number of piperidine rings is 1. The molecule has 0 spiro atoms. The van der Waals surface area contributed by atoms with Gasteiger partial charge in [-0.05, 0) is 37.9 Å². The second-order valence-corrected chi connectivity index (χ2v) is 4.25. The first-order chi connectivity index (χ1) is 8.05. The molecule has 0 radical (unpaired) electrons. The smallest absolute Gasteiger partial charge is 0.317 e. The van der Waals surface area contributed by atoms with Crippen molar-refractivity contribution >= 4 is 12.4 Å². The molecule has 1 aromatic rings. The molecule has 1 saturated heterocycles. The van der Waals surface area contributed by atoms with Crippen molar-refractivity contribution in [3.8, 4) is 0 Å². The Labute approximate surface area is 110 Å². The fraction of sp³-hybridized carbons (Fsp3) is 0.636. The van der Waals surface area contributed by atoms with E-state index in [2.05, 4.69) is 15.3 Å². The second kappa shape index (κ2) is 6.33. The average Bonchev–Trinajstić information content (AvgIpc) is 2.29. The van der Waals surface area contributed by atoms with Crippen LogP contribution in [-0.4, -0.2) is 23.1 Å². The zero-order valence-electron chi connectivity index (χ0n) is 9.70. The quantitative estimate of drug-likeness (QED) is 0.905. The minimum Gasteiger partial charge on any atom is -0.317 e. The van der Waals surface area contributed by atoms with Gasteiger partial charge in [-0.15, -0.1) is 12.4 Å². The third-order valence-corrected chi connectivity index (χ3v) is 2.93. The van der Waals surface area contributed by atoms with E-state index in [1.54, 1.807) is 0 Å². The summed E-state index contributed by atoms with van der Waals surface area (Å²) in [5.41, 5.74) is -0.851. The fourth-order valence-electron chi connectivity index (χ4n) is 2.00. The van der Waals surface area contributed by atoms with Crippen molar-refractivity contribution in [2.24, 2.45) is 5.92 Å². The molecule has 1 aromatic heterocycles. The summed E-state index contributed by atoms with van der Waals surface area (Å²) in [7, 11) is 0. The first kappa shape index (κ1) is 15.2. The highest BCUT2D eigenvalue weighted by Crippen LogP contribution is 2.27. The summed E-state index contributed by atoms with van der Waals surface area (Å²) < 4.78 is 37.3. The van der Waals surface area contributed by atoms with Gasteiger partial charge >= 0.3 is 6.18 Å². The van der Waals surface area contributed by atoms with Gasteiger partial charge in [0, 0.05) is 12.6 Å². The lowest BCUT2D eigenvalue weighted by Gasteiger charge is -2.21. The van der Waals surface area contributed by atoms with Crippen LogP contribution in [0.15, 0.2) is 12.3 Å². The van der Waals surface area contributed by atoms with Gasteiger partial charge in [0.15, 0.2) is 0 Å².